The molecule has 0 bridgehead atoms. The Balaban J connectivity index is 1.24. The number of rotatable bonds is 4. The molecule has 0 saturated heterocycles. The largest absolute Gasteiger partial charge is 0.309 e. The molecule has 11 rings (SSSR count). The second kappa shape index (κ2) is 11.2. The molecule has 0 aliphatic heterocycles. The van der Waals surface area contributed by atoms with Crippen LogP contribution in [0, 0.1) is 0 Å². The molecule has 0 radical (unpaired) electrons. The van der Waals surface area contributed by atoms with Crippen LogP contribution in [0.2, 0.25) is 0 Å². The van der Waals surface area contributed by atoms with Gasteiger partial charge in [-0.15, -0.1) is 22.7 Å². The van der Waals surface area contributed by atoms with Crippen LogP contribution in [-0.4, -0.2) is 19.5 Å². The van der Waals surface area contributed by atoms with E-state index in [-0.39, 0.29) is 0 Å². The van der Waals surface area contributed by atoms with Crippen molar-refractivity contribution >= 4 is 84.8 Å². The molecule has 11 aromatic rings. The zero-order valence-electron chi connectivity index (χ0n) is 27.1. The molecule has 0 aliphatic carbocycles. The second-order valence-corrected chi connectivity index (χ2v) is 14.9. The first kappa shape index (κ1) is 28.6. The Morgan fingerprint density at radius 3 is 1.57 bits per heavy atom. The van der Waals surface area contributed by atoms with Crippen molar-refractivity contribution in [2.75, 3.05) is 0 Å². The zero-order chi connectivity index (χ0) is 33.5. The van der Waals surface area contributed by atoms with Crippen molar-refractivity contribution in [2.24, 2.45) is 0 Å². The van der Waals surface area contributed by atoms with Crippen LogP contribution in [0.3, 0.4) is 0 Å². The smallest absolute Gasteiger partial charge is 0.165 e. The van der Waals surface area contributed by atoms with Crippen LogP contribution in [0.25, 0.3) is 102 Å². The first-order valence-corrected chi connectivity index (χ1v) is 18.6. The summed E-state index contributed by atoms with van der Waals surface area (Å²) in [4.78, 5) is 15.8. The third kappa shape index (κ3) is 4.40. The standard InChI is InChI=1S/C45H26N4S2/c1-2-13-27(14-3-1)43-46-44(34-20-12-19-33-31-17-6-10-23-39(31)50-41(33)34)48-45(47-43)36-26-28(25-35-32-18-7-11-24-40(32)51-42(35)36)49-37-21-8-4-15-29(37)30-16-5-9-22-38(30)49/h1-26H. The minimum atomic E-state index is 0.658. The van der Waals surface area contributed by atoms with Gasteiger partial charge in [-0.05, 0) is 42.5 Å². The van der Waals surface area contributed by atoms with Gasteiger partial charge in [-0.3, -0.25) is 0 Å². The Kier molecular flexibility index (Phi) is 6.26. The molecule has 0 unspecified atom stereocenters. The van der Waals surface area contributed by atoms with E-state index in [0.717, 1.165) is 27.1 Å². The van der Waals surface area contributed by atoms with E-state index >= 15 is 0 Å². The summed E-state index contributed by atoms with van der Waals surface area (Å²) in [5.74, 6) is 1.99. The number of hydrogen-bond acceptors (Lipinski definition) is 5. The Morgan fingerprint density at radius 1 is 0.373 bits per heavy atom. The molecule has 0 amide bonds. The van der Waals surface area contributed by atoms with E-state index in [0.29, 0.717) is 17.5 Å². The third-order valence-corrected chi connectivity index (χ3v) is 12.3. The fourth-order valence-corrected chi connectivity index (χ4v) is 9.97. The number of para-hydroxylation sites is 2. The SMILES string of the molecule is c1ccc(-c2nc(-c3cccc4c3sc3ccccc34)nc(-c3cc(-n4c5ccccc5c5ccccc54)cc4c3sc3ccccc34)n2)cc1. The van der Waals surface area contributed by atoms with Crippen molar-refractivity contribution in [3.63, 3.8) is 0 Å². The normalized spacial score (nSPS) is 11.9. The number of nitrogens with zero attached hydrogens (tertiary/aromatic N) is 4. The van der Waals surface area contributed by atoms with Crippen LogP contribution in [0.15, 0.2) is 158 Å². The van der Waals surface area contributed by atoms with Gasteiger partial charge in [-0.1, -0.05) is 115 Å². The summed E-state index contributed by atoms with van der Waals surface area (Å²) in [7, 11) is 0. The maximum absolute atomic E-state index is 5.37. The summed E-state index contributed by atoms with van der Waals surface area (Å²) in [6.07, 6.45) is 0. The molecule has 51 heavy (non-hydrogen) atoms. The average Bonchev–Trinajstić information content (AvgIpc) is 3.87. The Labute approximate surface area is 300 Å². The van der Waals surface area contributed by atoms with E-state index in [4.69, 9.17) is 15.0 Å². The van der Waals surface area contributed by atoms with E-state index in [9.17, 15) is 0 Å². The van der Waals surface area contributed by atoms with Gasteiger partial charge >= 0.3 is 0 Å². The van der Waals surface area contributed by atoms with Gasteiger partial charge in [0.05, 0.1) is 11.0 Å². The van der Waals surface area contributed by atoms with Gasteiger partial charge in [-0.25, -0.2) is 15.0 Å². The molecular weight excluding hydrogens is 661 g/mol. The first-order valence-electron chi connectivity index (χ1n) is 16.9. The molecule has 7 aromatic carbocycles. The minimum absolute atomic E-state index is 0.658. The lowest BCUT2D eigenvalue weighted by Crippen LogP contribution is -2.01. The quantitative estimate of drug-likeness (QED) is 0.185. The van der Waals surface area contributed by atoms with E-state index in [1.807, 2.05) is 18.2 Å². The number of fused-ring (bicyclic) bond motifs is 9. The molecule has 0 spiro atoms. The molecule has 0 fully saturated rings. The summed E-state index contributed by atoms with van der Waals surface area (Å²) in [6, 6.07) is 56.0. The van der Waals surface area contributed by atoms with Gasteiger partial charge in [0.25, 0.3) is 0 Å². The lowest BCUT2D eigenvalue weighted by atomic mass is 10.1. The van der Waals surface area contributed by atoms with Crippen LogP contribution in [0.5, 0.6) is 0 Å². The fraction of sp³-hybridized carbons (Fsp3) is 0. The summed E-state index contributed by atoms with van der Waals surface area (Å²) >= 11 is 3.59. The molecular formula is C45H26N4S2. The third-order valence-electron chi connectivity index (χ3n) is 9.85. The maximum Gasteiger partial charge on any atom is 0.165 e. The van der Waals surface area contributed by atoms with Crippen LogP contribution in [-0.2, 0) is 0 Å². The number of aromatic nitrogens is 4. The predicted molar refractivity (Wildman–Crippen MR) is 216 cm³/mol. The predicted octanol–water partition coefficient (Wildman–Crippen LogP) is 12.7. The van der Waals surface area contributed by atoms with Crippen molar-refractivity contribution in [1.29, 1.82) is 0 Å². The van der Waals surface area contributed by atoms with Gasteiger partial charge in [0.2, 0.25) is 0 Å². The minimum Gasteiger partial charge on any atom is -0.309 e. The summed E-state index contributed by atoms with van der Waals surface area (Å²) in [5, 5.41) is 7.36. The number of benzene rings is 7. The average molecular weight is 687 g/mol. The zero-order valence-corrected chi connectivity index (χ0v) is 28.7. The van der Waals surface area contributed by atoms with Crippen LogP contribution in [0.4, 0.5) is 0 Å². The first-order chi connectivity index (χ1) is 25.3. The topological polar surface area (TPSA) is 43.6 Å². The van der Waals surface area contributed by atoms with Crippen LogP contribution < -0.4 is 0 Å². The molecule has 4 aromatic heterocycles. The van der Waals surface area contributed by atoms with Gasteiger partial charge in [-0.2, -0.15) is 0 Å². The van der Waals surface area contributed by atoms with Crippen LogP contribution in [0.1, 0.15) is 0 Å². The molecule has 238 valence electrons. The van der Waals surface area contributed by atoms with Gasteiger partial charge in [0.15, 0.2) is 17.5 Å². The fourth-order valence-electron chi connectivity index (χ4n) is 7.56. The summed E-state index contributed by atoms with van der Waals surface area (Å²) in [5.41, 5.74) is 6.38. The Bertz CT molecular complexity index is 3100. The van der Waals surface area contributed by atoms with E-state index in [2.05, 4.69) is 144 Å². The van der Waals surface area contributed by atoms with Gasteiger partial charge < -0.3 is 4.57 Å². The highest BCUT2D eigenvalue weighted by Crippen LogP contribution is 2.44. The molecule has 6 heteroatoms. The molecule has 0 N–H and O–H groups in total. The summed E-state index contributed by atoms with van der Waals surface area (Å²) < 4.78 is 7.22. The second-order valence-electron chi connectivity index (χ2n) is 12.8. The highest BCUT2D eigenvalue weighted by Gasteiger charge is 2.21. The molecule has 0 saturated carbocycles. The Morgan fingerprint density at radius 2 is 0.882 bits per heavy atom. The highest BCUT2D eigenvalue weighted by atomic mass is 32.1. The van der Waals surface area contributed by atoms with Crippen LogP contribution >= 0.6 is 22.7 Å². The maximum atomic E-state index is 5.37. The lowest BCUT2D eigenvalue weighted by molar-refractivity contribution is 1.08. The van der Waals surface area contributed by atoms with Crippen molar-refractivity contribution in [1.82, 2.24) is 19.5 Å². The lowest BCUT2D eigenvalue weighted by Gasteiger charge is -2.13. The van der Waals surface area contributed by atoms with E-state index in [1.165, 1.54) is 57.5 Å². The molecule has 0 atom stereocenters. The van der Waals surface area contributed by atoms with Gasteiger partial charge in [0.1, 0.15) is 0 Å². The monoisotopic (exact) mass is 686 g/mol. The highest BCUT2D eigenvalue weighted by molar-refractivity contribution is 7.26. The van der Waals surface area contributed by atoms with Crippen molar-refractivity contribution in [3.05, 3.63) is 158 Å². The van der Waals surface area contributed by atoms with Crippen molar-refractivity contribution in [2.45, 2.75) is 0 Å². The number of hydrogen-bond donors (Lipinski definition) is 0. The van der Waals surface area contributed by atoms with E-state index in [1.54, 1.807) is 22.7 Å². The molecule has 0 aliphatic rings. The van der Waals surface area contributed by atoms with Crippen molar-refractivity contribution in [3.8, 4) is 39.9 Å². The van der Waals surface area contributed by atoms with Crippen molar-refractivity contribution < 1.29 is 0 Å². The Hall–Kier alpha value is -6.21. The van der Waals surface area contributed by atoms with E-state index < -0.39 is 0 Å². The van der Waals surface area contributed by atoms with Gasteiger partial charge in [0, 0.05) is 73.5 Å². The number of thiophene rings is 2. The molecule has 4 nitrogen and oxygen atoms in total. The summed E-state index contributed by atoms with van der Waals surface area (Å²) in [6.45, 7) is 0. The molecule has 4 heterocycles.